The monoisotopic (exact) mass is 319 g/mol. The van der Waals surface area contributed by atoms with Crippen LogP contribution in [0.2, 0.25) is 5.02 Å². The molecule has 0 bridgehead atoms. The summed E-state index contributed by atoms with van der Waals surface area (Å²) in [5.74, 6) is -0.507. The summed E-state index contributed by atoms with van der Waals surface area (Å²) in [6, 6.07) is 4.47. The molecule has 6 heteroatoms. The van der Waals surface area contributed by atoms with E-state index < -0.39 is 5.82 Å². The maximum atomic E-state index is 13.8. The van der Waals surface area contributed by atoms with Crippen molar-refractivity contribution >= 4 is 29.1 Å². The Bertz CT molecular complexity index is 476. The summed E-state index contributed by atoms with van der Waals surface area (Å²) >= 11 is 11.3. The van der Waals surface area contributed by atoms with Gasteiger partial charge >= 0.3 is 0 Å². The van der Waals surface area contributed by atoms with Crippen molar-refractivity contribution in [1.82, 2.24) is 4.90 Å². The zero-order valence-electron chi connectivity index (χ0n) is 10.9. The fourth-order valence-corrected chi connectivity index (χ4v) is 2.54. The molecule has 1 aliphatic heterocycles. The van der Waals surface area contributed by atoms with Crippen LogP contribution in [-0.2, 0) is 4.74 Å². The highest BCUT2D eigenvalue weighted by Gasteiger charge is 2.26. The Balaban J connectivity index is 1.96. The van der Waals surface area contributed by atoms with Crippen molar-refractivity contribution in [3.8, 4) is 0 Å². The Morgan fingerprint density at radius 1 is 1.40 bits per heavy atom. The molecule has 0 saturated carbocycles. The number of carbonyl (C=O) groups is 1. The topological polar surface area (TPSA) is 29.5 Å². The highest BCUT2D eigenvalue weighted by atomic mass is 35.5. The molecular weight excluding hydrogens is 304 g/mol. The first kappa shape index (κ1) is 15.5. The van der Waals surface area contributed by atoms with Crippen molar-refractivity contribution in [3.05, 3.63) is 34.6 Å². The van der Waals surface area contributed by atoms with E-state index in [1.165, 1.54) is 12.1 Å². The first-order chi connectivity index (χ1) is 9.63. The van der Waals surface area contributed by atoms with Gasteiger partial charge in [0, 0.05) is 19.0 Å². The number of halogens is 3. The average molecular weight is 320 g/mol. The molecule has 0 radical (unpaired) electrons. The minimum Gasteiger partial charge on any atom is -0.377 e. The van der Waals surface area contributed by atoms with E-state index in [-0.39, 0.29) is 22.6 Å². The van der Waals surface area contributed by atoms with Gasteiger partial charge < -0.3 is 9.64 Å². The minimum atomic E-state index is -0.653. The Morgan fingerprint density at radius 3 is 2.75 bits per heavy atom. The van der Waals surface area contributed by atoms with Gasteiger partial charge in [-0.05, 0) is 25.0 Å². The Kier molecular flexibility index (Phi) is 5.64. The quantitative estimate of drug-likeness (QED) is 0.797. The molecule has 0 N–H and O–H groups in total. The van der Waals surface area contributed by atoms with Crippen molar-refractivity contribution in [2.24, 2.45) is 0 Å². The van der Waals surface area contributed by atoms with Gasteiger partial charge in [-0.15, -0.1) is 11.6 Å². The molecule has 110 valence electrons. The van der Waals surface area contributed by atoms with Crippen LogP contribution in [-0.4, -0.2) is 42.5 Å². The molecule has 1 amide bonds. The number of carbonyl (C=O) groups excluding carboxylic acids is 1. The van der Waals surface area contributed by atoms with Gasteiger partial charge in [-0.3, -0.25) is 4.79 Å². The van der Waals surface area contributed by atoms with E-state index >= 15 is 0 Å². The van der Waals surface area contributed by atoms with Gasteiger partial charge in [0.05, 0.1) is 23.3 Å². The zero-order chi connectivity index (χ0) is 14.5. The van der Waals surface area contributed by atoms with E-state index in [1.54, 1.807) is 11.0 Å². The fraction of sp³-hybridized carbons (Fsp3) is 0.500. The SMILES string of the molecule is O=C(c1cccc(Cl)c1F)N1CCC(OCCCl)CC1. The van der Waals surface area contributed by atoms with Crippen molar-refractivity contribution in [2.45, 2.75) is 18.9 Å². The molecule has 2 rings (SSSR count). The molecule has 0 aliphatic carbocycles. The molecule has 20 heavy (non-hydrogen) atoms. The first-order valence-electron chi connectivity index (χ1n) is 6.54. The van der Waals surface area contributed by atoms with Gasteiger partial charge in [-0.2, -0.15) is 0 Å². The second-order valence-corrected chi connectivity index (χ2v) is 5.44. The third-order valence-corrected chi connectivity index (χ3v) is 3.79. The second kappa shape index (κ2) is 7.25. The standard InChI is InChI=1S/C14H16Cl2FNO2/c15-6-9-20-10-4-7-18(8-5-10)14(19)11-2-1-3-12(16)13(11)17/h1-3,10H,4-9H2. The van der Waals surface area contributed by atoms with Gasteiger partial charge in [0.25, 0.3) is 5.91 Å². The molecule has 1 fully saturated rings. The summed E-state index contributed by atoms with van der Waals surface area (Å²) in [6.45, 7) is 1.62. The summed E-state index contributed by atoms with van der Waals surface area (Å²) in [7, 11) is 0. The van der Waals surface area contributed by atoms with Gasteiger partial charge in [0.1, 0.15) is 0 Å². The van der Waals surface area contributed by atoms with Crippen LogP contribution >= 0.6 is 23.2 Å². The summed E-state index contributed by atoms with van der Waals surface area (Å²) in [5.41, 5.74) is 0.0256. The molecule has 1 heterocycles. The third kappa shape index (κ3) is 3.62. The number of ether oxygens (including phenoxy) is 1. The summed E-state index contributed by atoms with van der Waals surface area (Å²) in [4.78, 5) is 13.9. The van der Waals surface area contributed by atoms with Gasteiger partial charge in [0.2, 0.25) is 0 Å². The fourth-order valence-electron chi connectivity index (χ4n) is 2.28. The third-order valence-electron chi connectivity index (χ3n) is 3.34. The minimum absolute atomic E-state index is 0.0256. The van der Waals surface area contributed by atoms with E-state index in [1.807, 2.05) is 0 Å². The summed E-state index contributed by atoms with van der Waals surface area (Å²) in [5, 5.41) is -0.0313. The van der Waals surface area contributed by atoms with E-state index in [0.717, 1.165) is 12.8 Å². The number of amides is 1. The van der Waals surface area contributed by atoms with Crippen LogP contribution < -0.4 is 0 Å². The van der Waals surface area contributed by atoms with Crippen molar-refractivity contribution in [2.75, 3.05) is 25.6 Å². The largest absolute Gasteiger partial charge is 0.377 e. The van der Waals surface area contributed by atoms with Crippen LogP contribution in [0.3, 0.4) is 0 Å². The van der Waals surface area contributed by atoms with Crippen LogP contribution in [0, 0.1) is 5.82 Å². The lowest BCUT2D eigenvalue weighted by Crippen LogP contribution is -2.41. The molecule has 0 aromatic heterocycles. The van der Waals surface area contributed by atoms with Gasteiger partial charge in [-0.1, -0.05) is 17.7 Å². The highest BCUT2D eigenvalue weighted by Crippen LogP contribution is 2.21. The molecule has 1 saturated heterocycles. The number of benzene rings is 1. The molecule has 3 nitrogen and oxygen atoms in total. The maximum absolute atomic E-state index is 13.8. The van der Waals surface area contributed by atoms with E-state index in [9.17, 15) is 9.18 Å². The molecule has 0 unspecified atom stereocenters. The van der Waals surface area contributed by atoms with Crippen molar-refractivity contribution in [1.29, 1.82) is 0 Å². The molecule has 0 spiro atoms. The van der Waals surface area contributed by atoms with Crippen LogP contribution in [0.5, 0.6) is 0 Å². The van der Waals surface area contributed by atoms with E-state index in [4.69, 9.17) is 27.9 Å². The van der Waals surface area contributed by atoms with Crippen LogP contribution in [0.1, 0.15) is 23.2 Å². The Morgan fingerprint density at radius 2 is 2.10 bits per heavy atom. The zero-order valence-corrected chi connectivity index (χ0v) is 12.5. The number of rotatable bonds is 4. The number of nitrogens with zero attached hydrogens (tertiary/aromatic N) is 1. The predicted molar refractivity (Wildman–Crippen MR) is 77.0 cm³/mol. The molecule has 1 aromatic rings. The van der Waals surface area contributed by atoms with Crippen molar-refractivity contribution < 1.29 is 13.9 Å². The first-order valence-corrected chi connectivity index (χ1v) is 7.45. The van der Waals surface area contributed by atoms with Crippen LogP contribution in [0.15, 0.2) is 18.2 Å². The molecule has 0 atom stereocenters. The molecular formula is C14H16Cl2FNO2. The van der Waals surface area contributed by atoms with Crippen LogP contribution in [0.4, 0.5) is 4.39 Å². The van der Waals surface area contributed by atoms with E-state index in [2.05, 4.69) is 0 Å². The molecule has 1 aromatic carbocycles. The van der Waals surface area contributed by atoms with Crippen molar-refractivity contribution in [3.63, 3.8) is 0 Å². The van der Waals surface area contributed by atoms with Crippen LogP contribution in [0.25, 0.3) is 0 Å². The second-order valence-electron chi connectivity index (χ2n) is 4.65. The van der Waals surface area contributed by atoms with E-state index in [0.29, 0.717) is 25.6 Å². The Hall–Kier alpha value is -0.840. The lowest BCUT2D eigenvalue weighted by Gasteiger charge is -2.32. The maximum Gasteiger partial charge on any atom is 0.256 e. The number of hydrogen-bond donors (Lipinski definition) is 0. The lowest BCUT2D eigenvalue weighted by molar-refractivity contribution is 0.0153. The summed E-state index contributed by atoms with van der Waals surface area (Å²) in [6.07, 6.45) is 1.61. The predicted octanol–water partition coefficient (Wildman–Crippen LogP) is 3.34. The normalized spacial score (nSPS) is 16.4. The average Bonchev–Trinajstić information content (AvgIpc) is 2.48. The number of likely N-dealkylation sites (tertiary alicyclic amines) is 1. The Labute approximate surface area is 127 Å². The smallest absolute Gasteiger partial charge is 0.256 e. The molecule has 1 aliphatic rings. The number of piperidine rings is 1. The number of hydrogen-bond acceptors (Lipinski definition) is 2. The van der Waals surface area contributed by atoms with Gasteiger partial charge in [-0.25, -0.2) is 4.39 Å². The lowest BCUT2D eigenvalue weighted by atomic mass is 10.1. The summed E-state index contributed by atoms with van der Waals surface area (Å²) < 4.78 is 19.4. The van der Waals surface area contributed by atoms with Gasteiger partial charge in [0.15, 0.2) is 5.82 Å². The number of alkyl halides is 1. The highest BCUT2D eigenvalue weighted by molar-refractivity contribution is 6.31.